The predicted molar refractivity (Wildman–Crippen MR) is 115 cm³/mol. The summed E-state index contributed by atoms with van der Waals surface area (Å²) in [6, 6.07) is 7.83. The molecule has 0 saturated carbocycles. The van der Waals surface area contributed by atoms with Crippen LogP contribution in [0, 0.1) is 5.92 Å². The van der Waals surface area contributed by atoms with Crippen molar-refractivity contribution < 1.29 is 23.9 Å². The Morgan fingerprint density at radius 3 is 2.24 bits per heavy atom. The highest BCUT2D eigenvalue weighted by Gasteiger charge is 2.31. The third kappa shape index (κ3) is 8.77. The molecule has 29 heavy (non-hydrogen) atoms. The van der Waals surface area contributed by atoms with Crippen LogP contribution in [-0.2, 0) is 19.1 Å². The zero-order chi connectivity index (χ0) is 22.0. The zero-order valence-corrected chi connectivity index (χ0v) is 18.8. The Morgan fingerprint density at radius 1 is 1.10 bits per heavy atom. The molecule has 0 radical (unpaired) electrons. The molecule has 0 aliphatic carbocycles. The second-order valence-corrected chi connectivity index (χ2v) is 8.67. The maximum absolute atomic E-state index is 13.0. The number of carbonyl (C=O) groups is 3. The molecule has 8 heteroatoms. The number of esters is 1. The molecule has 2 amide bonds. The minimum Gasteiger partial charge on any atom is -0.469 e. The van der Waals surface area contributed by atoms with Gasteiger partial charge in [-0.1, -0.05) is 30.3 Å². The van der Waals surface area contributed by atoms with Crippen molar-refractivity contribution in [3.05, 3.63) is 35.9 Å². The fraction of sp³-hybridized carbons (Fsp3) is 0.571. The maximum atomic E-state index is 13.0. The van der Waals surface area contributed by atoms with E-state index in [4.69, 9.17) is 9.47 Å². The van der Waals surface area contributed by atoms with Gasteiger partial charge in [-0.2, -0.15) is 11.8 Å². The van der Waals surface area contributed by atoms with Crippen LogP contribution in [0.2, 0.25) is 0 Å². The average Bonchev–Trinajstić information content (AvgIpc) is 2.67. The minimum absolute atomic E-state index is 0.380. The van der Waals surface area contributed by atoms with Crippen molar-refractivity contribution in [1.29, 1.82) is 0 Å². The van der Waals surface area contributed by atoms with Crippen molar-refractivity contribution in [2.75, 3.05) is 19.1 Å². The molecule has 0 saturated heterocycles. The smallest absolute Gasteiger partial charge is 0.408 e. The number of thioether (sulfide) groups is 1. The highest BCUT2D eigenvalue weighted by atomic mass is 32.2. The largest absolute Gasteiger partial charge is 0.469 e. The normalized spacial score (nSPS) is 14.3. The molecule has 3 atom stereocenters. The average molecular weight is 425 g/mol. The monoisotopic (exact) mass is 424 g/mol. The lowest BCUT2D eigenvalue weighted by atomic mass is 9.94. The Labute approximate surface area is 177 Å². The number of amides is 2. The van der Waals surface area contributed by atoms with Crippen molar-refractivity contribution in [1.82, 2.24) is 10.6 Å². The fourth-order valence-electron chi connectivity index (χ4n) is 2.69. The summed E-state index contributed by atoms with van der Waals surface area (Å²) in [4.78, 5) is 37.3. The first-order valence-corrected chi connectivity index (χ1v) is 10.9. The first-order chi connectivity index (χ1) is 13.6. The second kappa shape index (κ2) is 11.7. The van der Waals surface area contributed by atoms with Crippen molar-refractivity contribution >= 4 is 29.7 Å². The van der Waals surface area contributed by atoms with E-state index < -0.39 is 35.7 Å². The van der Waals surface area contributed by atoms with Crippen LogP contribution in [0.5, 0.6) is 0 Å². The Balaban J connectivity index is 3.01. The molecule has 0 aliphatic heterocycles. The SMILES string of the molecule is COC(=O)C(C)C(NC(=O)[C@@H](CCSC)NC(=O)OC(C)(C)C)c1ccccc1. The number of ether oxygens (including phenoxy) is 2. The molecule has 7 nitrogen and oxygen atoms in total. The van der Waals surface area contributed by atoms with E-state index in [0.29, 0.717) is 12.2 Å². The van der Waals surface area contributed by atoms with E-state index in [1.165, 1.54) is 7.11 Å². The molecule has 0 fully saturated rings. The lowest BCUT2D eigenvalue weighted by Crippen LogP contribution is -2.50. The number of nitrogens with one attached hydrogen (secondary N) is 2. The lowest BCUT2D eigenvalue weighted by Gasteiger charge is -2.27. The van der Waals surface area contributed by atoms with Crippen LogP contribution in [0.15, 0.2) is 30.3 Å². The Kier molecular flexibility index (Phi) is 10.0. The third-order valence-corrected chi connectivity index (χ3v) is 4.79. The van der Waals surface area contributed by atoms with Gasteiger partial charge in [-0.15, -0.1) is 0 Å². The highest BCUT2D eigenvalue weighted by Crippen LogP contribution is 2.23. The number of methoxy groups -OCH3 is 1. The molecule has 2 unspecified atom stereocenters. The van der Waals surface area contributed by atoms with Crippen molar-refractivity contribution in [3.63, 3.8) is 0 Å². The van der Waals surface area contributed by atoms with Gasteiger partial charge in [-0.3, -0.25) is 9.59 Å². The number of hydrogen-bond acceptors (Lipinski definition) is 6. The molecule has 0 aromatic heterocycles. The van der Waals surface area contributed by atoms with Gasteiger partial charge in [0.15, 0.2) is 0 Å². The van der Waals surface area contributed by atoms with Crippen molar-refractivity contribution in [2.24, 2.45) is 5.92 Å². The number of benzene rings is 1. The summed E-state index contributed by atoms with van der Waals surface area (Å²) in [6.07, 6.45) is 1.70. The Hall–Kier alpha value is -2.22. The molecule has 1 rings (SSSR count). The van der Waals surface area contributed by atoms with Gasteiger partial charge in [0.25, 0.3) is 0 Å². The van der Waals surface area contributed by atoms with Gasteiger partial charge in [-0.25, -0.2) is 4.79 Å². The molecule has 0 bridgehead atoms. The predicted octanol–water partition coefficient (Wildman–Crippen LogP) is 3.30. The number of hydrogen-bond donors (Lipinski definition) is 2. The van der Waals surface area contributed by atoms with Crippen LogP contribution >= 0.6 is 11.8 Å². The van der Waals surface area contributed by atoms with Crippen LogP contribution in [-0.4, -0.2) is 48.7 Å². The summed E-state index contributed by atoms with van der Waals surface area (Å²) in [6.45, 7) is 6.97. The van der Waals surface area contributed by atoms with Gasteiger partial charge in [0.2, 0.25) is 5.91 Å². The quantitative estimate of drug-likeness (QED) is 0.591. The number of carbonyl (C=O) groups excluding carboxylic acids is 3. The number of alkyl carbamates (subject to hydrolysis) is 1. The van der Waals surface area contributed by atoms with E-state index in [2.05, 4.69) is 10.6 Å². The minimum atomic E-state index is -0.784. The molecule has 0 spiro atoms. The van der Waals surface area contributed by atoms with Gasteiger partial charge in [0, 0.05) is 0 Å². The highest BCUT2D eigenvalue weighted by molar-refractivity contribution is 7.98. The van der Waals surface area contributed by atoms with E-state index in [0.717, 1.165) is 5.56 Å². The standard InChI is InChI=1S/C21H32N2O5S/c1-14(19(25)27-5)17(15-10-8-7-9-11-15)23-18(24)16(12-13-29-6)22-20(26)28-21(2,3)4/h7-11,14,16-17H,12-13H2,1-6H3,(H,22,26)(H,23,24)/t14?,16-,17?/m1/s1. The summed E-state index contributed by atoms with van der Waals surface area (Å²) in [5.41, 5.74) is 0.107. The van der Waals surface area contributed by atoms with E-state index >= 15 is 0 Å². The van der Waals surface area contributed by atoms with Gasteiger partial charge >= 0.3 is 12.1 Å². The molecule has 162 valence electrons. The van der Waals surface area contributed by atoms with Gasteiger partial charge in [0.05, 0.1) is 19.1 Å². The van der Waals surface area contributed by atoms with Crippen molar-refractivity contribution in [3.8, 4) is 0 Å². The Morgan fingerprint density at radius 2 is 1.72 bits per heavy atom. The molecular weight excluding hydrogens is 392 g/mol. The van der Waals surface area contributed by atoms with Crippen LogP contribution in [0.1, 0.15) is 45.7 Å². The lowest BCUT2D eigenvalue weighted by molar-refractivity contribution is -0.146. The van der Waals surface area contributed by atoms with E-state index in [1.807, 2.05) is 36.6 Å². The first-order valence-electron chi connectivity index (χ1n) is 9.50. The van der Waals surface area contributed by atoms with Crippen LogP contribution in [0.25, 0.3) is 0 Å². The first kappa shape index (κ1) is 24.8. The molecule has 0 heterocycles. The Bertz CT molecular complexity index is 675. The third-order valence-electron chi connectivity index (χ3n) is 4.15. The van der Waals surface area contributed by atoms with Crippen LogP contribution in [0.3, 0.4) is 0 Å². The summed E-state index contributed by atoms with van der Waals surface area (Å²) in [7, 11) is 1.31. The van der Waals surface area contributed by atoms with Crippen LogP contribution < -0.4 is 10.6 Å². The zero-order valence-electron chi connectivity index (χ0n) is 18.0. The molecule has 1 aromatic rings. The van der Waals surface area contributed by atoms with Crippen LogP contribution in [0.4, 0.5) is 4.79 Å². The molecular formula is C21H32N2O5S. The second-order valence-electron chi connectivity index (χ2n) is 7.69. The van der Waals surface area contributed by atoms with E-state index in [-0.39, 0.29) is 5.91 Å². The van der Waals surface area contributed by atoms with Crippen molar-refractivity contribution in [2.45, 2.75) is 51.8 Å². The molecule has 0 aliphatic rings. The topological polar surface area (TPSA) is 93.7 Å². The van der Waals surface area contributed by atoms with E-state index in [1.54, 1.807) is 39.5 Å². The summed E-state index contributed by atoms with van der Waals surface area (Å²) in [5.74, 6) is -0.736. The maximum Gasteiger partial charge on any atom is 0.408 e. The molecule has 1 aromatic carbocycles. The fourth-order valence-corrected chi connectivity index (χ4v) is 3.16. The summed E-state index contributed by atoms with van der Waals surface area (Å²) in [5, 5.41) is 5.55. The molecule has 2 N–H and O–H groups in total. The van der Waals surface area contributed by atoms with E-state index in [9.17, 15) is 14.4 Å². The number of rotatable bonds is 9. The summed E-state index contributed by atoms with van der Waals surface area (Å²) < 4.78 is 10.1. The summed E-state index contributed by atoms with van der Waals surface area (Å²) >= 11 is 1.57. The van der Waals surface area contributed by atoms with Gasteiger partial charge < -0.3 is 20.1 Å². The van der Waals surface area contributed by atoms with Gasteiger partial charge in [-0.05, 0) is 51.7 Å². The van der Waals surface area contributed by atoms with Gasteiger partial charge in [0.1, 0.15) is 11.6 Å².